The number of nitrogens with zero attached hydrogens (tertiary/aromatic N) is 1. The van der Waals surface area contributed by atoms with Crippen LogP contribution < -0.4 is 10.2 Å². The lowest BCUT2D eigenvalue weighted by molar-refractivity contribution is -0.127. The standard InChI is InChI=1S/C20H25ClN2O2/c1-12(16-9-13-6-7-14(16)8-13)22-20(25)15-10-19(24)23(11-15)18-5-3-2-4-17(18)21/h2-5,12-16H,6-11H2,1H3,(H,22,25). The number of fused-ring (bicyclic) bond motifs is 2. The van der Waals surface area contributed by atoms with Gasteiger partial charge in [0.15, 0.2) is 0 Å². The number of rotatable bonds is 4. The number of carbonyl (C=O) groups excluding carboxylic acids is 2. The van der Waals surface area contributed by atoms with Crippen LogP contribution in [0, 0.1) is 23.7 Å². The van der Waals surface area contributed by atoms with Gasteiger partial charge in [-0.25, -0.2) is 0 Å². The number of hydrogen-bond donors (Lipinski definition) is 1. The largest absolute Gasteiger partial charge is 0.353 e. The van der Waals surface area contributed by atoms with E-state index in [1.165, 1.54) is 25.7 Å². The third-order valence-corrected chi connectivity index (χ3v) is 6.76. The van der Waals surface area contributed by atoms with E-state index in [0.717, 1.165) is 11.8 Å². The van der Waals surface area contributed by atoms with Crippen molar-refractivity contribution in [1.82, 2.24) is 5.32 Å². The maximum Gasteiger partial charge on any atom is 0.227 e. The van der Waals surface area contributed by atoms with E-state index in [4.69, 9.17) is 11.6 Å². The fourth-order valence-corrected chi connectivity index (χ4v) is 5.38. The molecule has 2 saturated carbocycles. The van der Waals surface area contributed by atoms with Gasteiger partial charge < -0.3 is 10.2 Å². The highest BCUT2D eigenvalue weighted by molar-refractivity contribution is 6.33. The number of nitrogens with one attached hydrogen (secondary N) is 1. The monoisotopic (exact) mass is 360 g/mol. The number of halogens is 1. The molecule has 2 amide bonds. The summed E-state index contributed by atoms with van der Waals surface area (Å²) in [5, 5.41) is 3.75. The highest BCUT2D eigenvalue weighted by Gasteiger charge is 2.43. The van der Waals surface area contributed by atoms with E-state index in [-0.39, 0.29) is 30.2 Å². The first-order chi connectivity index (χ1) is 12.0. The smallest absolute Gasteiger partial charge is 0.227 e. The van der Waals surface area contributed by atoms with Gasteiger partial charge in [0.05, 0.1) is 16.6 Å². The van der Waals surface area contributed by atoms with Gasteiger partial charge in [0, 0.05) is 19.0 Å². The molecule has 0 radical (unpaired) electrons. The van der Waals surface area contributed by atoms with Gasteiger partial charge >= 0.3 is 0 Å². The molecule has 2 bridgehead atoms. The lowest BCUT2D eigenvalue weighted by Gasteiger charge is -2.29. The van der Waals surface area contributed by atoms with Crippen molar-refractivity contribution >= 4 is 29.1 Å². The number of anilines is 1. The molecule has 1 aromatic carbocycles. The van der Waals surface area contributed by atoms with Crippen molar-refractivity contribution in [2.45, 2.75) is 45.1 Å². The summed E-state index contributed by atoms with van der Waals surface area (Å²) in [4.78, 5) is 26.7. The first-order valence-electron chi connectivity index (χ1n) is 9.38. The molecule has 1 N–H and O–H groups in total. The van der Waals surface area contributed by atoms with Gasteiger partial charge in [0.1, 0.15) is 0 Å². The van der Waals surface area contributed by atoms with Crippen molar-refractivity contribution in [3.63, 3.8) is 0 Å². The van der Waals surface area contributed by atoms with Gasteiger partial charge in [-0.05, 0) is 56.1 Å². The molecule has 1 heterocycles. The minimum atomic E-state index is -0.287. The molecule has 5 heteroatoms. The van der Waals surface area contributed by atoms with Crippen LogP contribution in [0.15, 0.2) is 24.3 Å². The van der Waals surface area contributed by atoms with Crippen LogP contribution in [-0.4, -0.2) is 24.4 Å². The second-order valence-corrected chi connectivity index (χ2v) is 8.40. The molecular weight excluding hydrogens is 336 g/mol. The van der Waals surface area contributed by atoms with E-state index in [9.17, 15) is 9.59 Å². The first kappa shape index (κ1) is 16.9. The van der Waals surface area contributed by atoms with E-state index in [1.807, 2.05) is 18.2 Å². The zero-order valence-electron chi connectivity index (χ0n) is 14.6. The molecule has 1 saturated heterocycles. The number of benzene rings is 1. The maximum atomic E-state index is 12.7. The van der Waals surface area contributed by atoms with Crippen molar-refractivity contribution in [2.75, 3.05) is 11.4 Å². The minimum absolute atomic E-state index is 0.0122. The summed E-state index contributed by atoms with van der Waals surface area (Å²) in [5.41, 5.74) is 0.700. The molecule has 5 atom stereocenters. The Balaban J connectivity index is 1.38. The molecule has 3 aliphatic rings. The summed E-state index contributed by atoms with van der Waals surface area (Å²) in [6.07, 6.45) is 5.54. The van der Waals surface area contributed by atoms with E-state index in [1.54, 1.807) is 11.0 Å². The molecule has 3 fully saturated rings. The van der Waals surface area contributed by atoms with E-state index in [0.29, 0.717) is 23.2 Å². The van der Waals surface area contributed by atoms with Crippen molar-refractivity contribution in [1.29, 1.82) is 0 Å². The van der Waals surface area contributed by atoms with Crippen LogP contribution in [0.3, 0.4) is 0 Å². The van der Waals surface area contributed by atoms with Gasteiger partial charge in [-0.1, -0.05) is 30.2 Å². The molecule has 2 aliphatic carbocycles. The van der Waals surface area contributed by atoms with Crippen molar-refractivity contribution < 1.29 is 9.59 Å². The highest BCUT2D eigenvalue weighted by atomic mass is 35.5. The SMILES string of the molecule is CC(NC(=O)C1CC(=O)N(c2ccccc2Cl)C1)C1CC2CCC1C2. The number of amides is 2. The normalized spacial score (nSPS) is 32.2. The molecule has 134 valence electrons. The predicted octanol–water partition coefficient (Wildman–Crippen LogP) is 3.63. The molecule has 4 nitrogen and oxygen atoms in total. The molecule has 0 aromatic heterocycles. The van der Waals surface area contributed by atoms with Crippen LogP contribution in [0.1, 0.15) is 39.0 Å². The highest BCUT2D eigenvalue weighted by Crippen LogP contribution is 2.49. The molecule has 25 heavy (non-hydrogen) atoms. The van der Waals surface area contributed by atoms with Crippen LogP contribution >= 0.6 is 11.6 Å². The first-order valence-corrected chi connectivity index (χ1v) is 9.76. The molecule has 1 aromatic rings. The second-order valence-electron chi connectivity index (χ2n) is 7.99. The average Bonchev–Trinajstić information content (AvgIpc) is 3.30. The Labute approximate surface area is 153 Å². The fraction of sp³-hybridized carbons (Fsp3) is 0.600. The molecule has 1 aliphatic heterocycles. The Morgan fingerprint density at radius 3 is 2.76 bits per heavy atom. The van der Waals surface area contributed by atoms with Crippen molar-refractivity contribution in [3.05, 3.63) is 29.3 Å². The summed E-state index contributed by atoms with van der Waals surface area (Å²) in [6, 6.07) is 7.51. The minimum Gasteiger partial charge on any atom is -0.353 e. The Morgan fingerprint density at radius 2 is 2.08 bits per heavy atom. The Morgan fingerprint density at radius 1 is 1.28 bits per heavy atom. The van der Waals surface area contributed by atoms with Gasteiger partial charge in [-0.2, -0.15) is 0 Å². The molecular formula is C20H25ClN2O2. The van der Waals surface area contributed by atoms with E-state index in [2.05, 4.69) is 12.2 Å². The fourth-order valence-electron chi connectivity index (χ4n) is 5.14. The number of para-hydroxylation sites is 1. The summed E-state index contributed by atoms with van der Waals surface area (Å²) >= 11 is 6.21. The second kappa shape index (κ2) is 6.64. The van der Waals surface area contributed by atoms with E-state index >= 15 is 0 Å². The topological polar surface area (TPSA) is 49.4 Å². The maximum absolute atomic E-state index is 12.7. The van der Waals surface area contributed by atoms with Gasteiger partial charge in [-0.3, -0.25) is 9.59 Å². The average molecular weight is 361 g/mol. The number of carbonyl (C=O) groups is 2. The van der Waals surface area contributed by atoms with Crippen molar-refractivity contribution in [3.8, 4) is 0 Å². The summed E-state index contributed by atoms with van der Waals surface area (Å²) in [6.45, 7) is 2.55. The van der Waals surface area contributed by atoms with Crippen LogP contribution in [0.2, 0.25) is 5.02 Å². The van der Waals surface area contributed by atoms with E-state index < -0.39 is 0 Å². The van der Waals surface area contributed by atoms with Gasteiger partial charge in [0.25, 0.3) is 0 Å². The molecule has 0 spiro atoms. The lowest BCUT2D eigenvalue weighted by atomic mass is 9.84. The lowest BCUT2D eigenvalue weighted by Crippen LogP contribution is -2.43. The van der Waals surface area contributed by atoms with Gasteiger partial charge in [0.2, 0.25) is 11.8 Å². The predicted molar refractivity (Wildman–Crippen MR) is 98.5 cm³/mol. The number of hydrogen-bond acceptors (Lipinski definition) is 2. The Bertz CT molecular complexity index is 692. The third-order valence-electron chi connectivity index (χ3n) is 6.44. The molecule has 5 unspecified atom stereocenters. The Kier molecular flexibility index (Phi) is 4.48. The molecule has 4 rings (SSSR count). The van der Waals surface area contributed by atoms with Crippen LogP contribution in [-0.2, 0) is 9.59 Å². The van der Waals surface area contributed by atoms with Crippen molar-refractivity contribution in [2.24, 2.45) is 23.7 Å². The van der Waals surface area contributed by atoms with Gasteiger partial charge in [-0.15, -0.1) is 0 Å². The van der Waals surface area contributed by atoms with Crippen LogP contribution in [0.25, 0.3) is 0 Å². The van der Waals surface area contributed by atoms with Crippen LogP contribution in [0.4, 0.5) is 5.69 Å². The summed E-state index contributed by atoms with van der Waals surface area (Å²) in [7, 11) is 0. The zero-order chi connectivity index (χ0) is 17.6. The summed E-state index contributed by atoms with van der Waals surface area (Å²) < 4.78 is 0. The Hall–Kier alpha value is -1.55. The summed E-state index contributed by atoms with van der Waals surface area (Å²) in [5.74, 6) is 1.96. The van der Waals surface area contributed by atoms with Crippen LogP contribution in [0.5, 0.6) is 0 Å². The third kappa shape index (κ3) is 3.17. The zero-order valence-corrected chi connectivity index (χ0v) is 15.3. The quantitative estimate of drug-likeness (QED) is 0.891.